The molecule has 1 saturated carbocycles. The van der Waals surface area contributed by atoms with Crippen LogP contribution in [0.1, 0.15) is 29.6 Å². The summed E-state index contributed by atoms with van der Waals surface area (Å²) in [6.45, 7) is 1.71. The summed E-state index contributed by atoms with van der Waals surface area (Å²) in [7, 11) is 1.67. The minimum atomic E-state index is -0.192. The van der Waals surface area contributed by atoms with Gasteiger partial charge in [0.05, 0.1) is 18.1 Å². The Balaban J connectivity index is 1.86. The monoisotopic (exact) mass is 246 g/mol. The van der Waals surface area contributed by atoms with Crippen molar-refractivity contribution in [3.05, 3.63) is 35.1 Å². The molecule has 1 aromatic rings. The van der Waals surface area contributed by atoms with Crippen molar-refractivity contribution in [2.24, 2.45) is 10.4 Å². The van der Waals surface area contributed by atoms with Crippen LogP contribution in [-0.4, -0.2) is 26.0 Å². The molecule has 3 atom stereocenters. The zero-order chi connectivity index (χ0) is 12.3. The van der Waals surface area contributed by atoms with Crippen molar-refractivity contribution < 1.29 is 9.13 Å². The van der Waals surface area contributed by atoms with Gasteiger partial charge in [-0.15, -0.1) is 0 Å². The van der Waals surface area contributed by atoms with Crippen molar-refractivity contribution in [2.75, 3.05) is 20.2 Å². The predicted molar refractivity (Wildman–Crippen MR) is 66.2 cm³/mol. The quantitative estimate of drug-likeness (QED) is 0.866. The molecule has 0 saturated heterocycles. The highest BCUT2D eigenvalue weighted by atomic mass is 19.1. The first kappa shape index (κ1) is 10.5. The first-order valence-corrected chi connectivity index (χ1v) is 6.39. The summed E-state index contributed by atoms with van der Waals surface area (Å²) in [5, 5.41) is 3.35. The van der Waals surface area contributed by atoms with Gasteiger partial charge in [0.1, 0.15) is 11.7 Å². The summed E-state index contributed by atoms with van der Waals surface area (Å²) < 4.78 is 19.7. The van der Waals surface area contributed by atoms with Crippen molar-refractivity contribution in [3.63, 3.8) is 0 Å². The maximum Gasteiger partial charge on any atom is 0.129 e. The molecular formula is C14H15FN2O. The van der Waals surface area contributed by atoms with Gasteiger partial charge >= 0.3 is 0 Å². The minimum absolute atomic E-state index is 0.115. The normalized spacial score (nSPS) is 35.8. The fourth-order valence-electron chi connectivity index (χ4n) is 3.77. The lowest BCUT2D eigenvalue weighted by atomic mass is 9.95. The Bertz CT molecular complexity index is 557. The van der Waals surface area contributed by atoms with Gasteiger partial charge in [0.15, 0.2) is 0 Å². The lowest BCUT2D eigenvalue weighted by Gasteiger charge is -2.23. The lowest BCUT2D eigenvalue weighted by molar-refractivity contribution is 0.0670. The Hall–Kier alpha value is -1.42. The molecule has 3 unspecified atom stereocenters. The number of fused-ring (bicyclic) bond motifs is 3. The summed E-state index contributed by atoms with van der Waals surface area (Å²) in [6, 6.07) is 5.34. The summed E-state index contributed by atoms with van der Waals surface area (Å²) >= 11 is 0. The molecule has 0 aromatic heterocycles. The van der Waals surface area contributed by atoms with Crippen LogP contribution in [0.25, 0.3) is 0 Å². The minimum Gasteiger partial charge on any atom is -0.376 e. The van der Waals surface area contributed by atoms with Gasteiger partial charge in [0.2, 0.25) is 0 Å². The van der Waals surface area contributed by atoms with Crippen LogP contribution in [0.2, 0.25) is 0 Å². The smallest absolute Gasteiger partial charge is 0.129 e. The zero-order valence-electron chi connectivity index (χ0n) is 10.2. The number of amidine groups is 1. The highest BCUT2D eigenvalue weighted by Crippen LogP contribution is 2.73. The molecule has 0 spiro atoms. The highest BCUT2D eigenvalue weighted by molar-refractivity contribution is 5.95. The van der Waals surface area contributed by atoms with Gasteiger partial charge in [-0.25, -0.2) is 4.39 Å². The van der Waals surface area contributed by atoms with Crippen molar-refractivity contribution in [3.8, 4) is 0 Å². The molecule has 0 bridgehead atoms. The molecule has 4 heteroatoms. The molecule has 3 aliphatic rings. The van der Waals surface area contributed by atoms with Gasteiger partial charge in [0.25, 0.3) is 0 Å². The molecule has 94 valence electrons. The second-order valence-electron chi connectivity index (χ2n) is 5.31. The van der Waals surface area contributed by atoms with Crippen molar-refractivity contribution in [1.29, 1.82) is 0 Å². The van der Waals surface area contributed by atoms with Crippen LogP contribution >= 0.6 is 0 Å². The Labute approximate surface area is 105 Å². The zero-order valence-corrected chi connectivity index (χ0v) is 10.2. The number of halogens is 1. The van der Waals surface area contributed by atoms with E-state index in [2.05, 4.69) is 10.3 Å². The van der Waals surface area contributed by atoms with Crippen LogP contribution < -0.4 is 5.32 Å². The van der Waals surface area contributed by atoms with Gasteiger partial charge in [-0.3, -0.25) is 4.99 Å². The molecule has 1 heterocycles. The second kappa shape index (κ2) is 3.32. The van der Waals surface area contributed by atoms with E-state index in [9.17, 15) is 4.39 Å². The highest BCUT2D eigenvalue weighted by Gasteiger charge is 2.69. The number of rotatable bonds is 2. The first-order valence-electron chi connectivity index (χ1n) is 6.39. The number of nitrogens with zero attached hydrogens (tertiary/aromatic N) is 1. The number of hydrogen-bond donors (Lipinski definition) is 1. The predicted octanol–water partition coefficient (Wildman–Crippen LogP) is 2.00. The van der Waals surface area contributed by atoms with Gasteiger partial charge < -0.3 is 10.1 Å². The molecule has 4 rings (SSSR count). The standard InChI is InChI=1S/C14H15FN2O/c1-18-12-11-8(3-2-4-10(11)15)9-7-14(9,12)13-16-5-6-17-13/h2-4,9,12H,5-7H2,1H3,(H,16,17). The van der Waals surface area contributed by atoms with Gasteiger partial charge in [-0.05, 0) is 18.1 Å². The van der Waals surface area contributed by atoms with E-state index in [1.165, 1.54) is 6.07 Å². The van der Waals surface area contributed by atoms with E-state index in [0.717, 1.165) is 36.5 Å². The van der Waals surface area contributed by atoms with Crippen molar-refractivity contribution in [2.45, 2.75) is 18.4 Å². The van der Waals surface area contributed by atoms with Crippen molar-refractivity contribution >= 4 is 5.84 Å². The number of benzene rings is 1. The number of nitrogens with one attached hydrogen (secondary N) is 1. The summed E-state index contributed by atoms with van der Waals surface area (Å²) in [5.41, 5.74) is 1.74. The third kappa shape index (κ3) is 1.05. The summed E-state index contributed by atoms with van der Waals surface area (Å²) in [4.78, 5) is 4.55. The average molecular weight is 246 g/mol. The Morgan fingerprint density at radius 2 is 2.39 bits per heavy atom. The molecular weight excluding hydrogens is 231 g/mol. The summed E-state index contributed by atoms with van der Waals surface area (Å²) in [6.07, 6.45) is 0.830. The molecule has 0 radical (unpaired) electrons. The maximum atomic E-state index is 14.0. The third-order valence-corrected chi connectivity index (χ3v) is 4.55. The van der Waals surface area contributed by atoms with Crippen LogP contribution in [0.4, 0.5) is 4.39 Å². The largest absolute Gasteiger partial charge is 0.376 e. The van der Waals surface area contributed by atoms with Crippen LogP contribution in [-0.2, 0) is 4.74 Å². The van der Waals surface area contributed by atoms with E-state index in [1.54, 1.807) is 13.2 Å². The fourth-order valence-corrected chi connectivity index (χ4v) is 3.77. The molecule has 1 aromatic carbocycles. The molecule has 3 nitrogen and oxygen atoms in total. The van der Waals surface area contributed by atoms with E-state index >= 15 is 0 Å². The topological polar surface area (TPSA) is 33.6 Å². The van der Waals surface area contributed by atoms with Crippen LogP contribution in [0, 0.1) is 11.2 Å². The molecule has 0 amide bonds. The van der Waals surface area contributed by atoms with Crippen LogP contribution in [0.5, 0.6) is 0 Å². The summed E-state index contributed by atoms with van der Waals surface area (Å²) in [5.74, 6) is 1.25. The number of hydrogen-bond acceptors (Lipinski definition) is 3. The lowest BCUT2D eigenvalue weighted by Crippen LogP contribution is -2.33. The Morgan fingerprint density at radius 1 is 1.50 bits per heavy atom. The molecule has 1 N–H and O–H groups in total. The van der Waals surface area contributed by atoms with Crippen LogP contribution in [0.3, 0.4) is 0 Å². The number of ether oxygens (including phenoxy) is 1. The molecule has 2 aliphatic carbocycles. The maximum absolute atomic E-state index is 14.0. The van der Waals surface area contributed by atoms with Crippen LogP contribution in [0.15, 0.2) is 23.2 Å². The second-order valence-corrected chi connectivity index (χ2v) is 5.31. The fraction of sp³-hybridized carbons (Fsp3) is 0.500. The van der Waals surface area contributed by atoms with Gasteiger partial charge in [-0.2, -0.15) is 0 Å². The van der Waals surface area contributed by atoms with E-state index in [4.69, 9.17) is 4.74 Å². The van der Waals surface area contributed by atoms with Crippen molar-refractivity contribution in [1.82, 2.24) is 5.32 Å². The third-order valence-electron chi connectivity index (χ3n) is 4.55. The van der Waals surface area contributed by atoms with Gasteiger partial charge in [-0.1, -0.05) is 12.1 Å². The van der Waals surface area contributed by atoms with E-state index in [1.807, 2.05) is 6.07 Å². The average Bonchev–Trinajstić information content (AvgIpc) is 2.80. The Kier molecular flexibility index (Phi) is 1.94. The van der Waals surface area contributed by atoms with E-state index in [-0.39, 0.29) is 17.3 Å². The van der Waals surface area contributed by atoms with Gasteiger partial charge in [0, 0.05) is 25.1 Å². The molecule has 1 fully saturated rings. The molecule has 1 aliphatic heterocycles. The SMILES string of the molecule is COC1c2c(F)cccc2C2CC21C1=NCCN1. The Morgan fingerprint density at radius 3 is 3.11 bits per heavy atom. The molecule has 18 heavy (non-hydrogen) atoms. The first-order chi connectivity index (χ1) is 8.79. The number of methoxy groups -OCH3 is 1. The number of aliphatic imine (C=N–C) groups is 1. The van der Waals surface area contributed by atoms with E-state index < -0.39 is 0 Å². The van der Waals surface area contributed by atoms with E-state index in [0.29, 0.717) is 5.92 Å².